The van der Waals surface area contributed by atoms with Crippen LogP contribution in [0.1, 0.15) is 64.5 Å². The molecule has 5 rings (SSSR count). The van der Waals surface area contributed by atoms with Crippen LogP contribution >= 0.6 is 11.3 Å². The summed E-state index contributed by atoms with van der Waals surface area (Å²) in [4.78, 5) is 17.4. The summed E-state index contributed by atoms with van der Waals surface area (Å²) in [6, 6.07) is 0. The van der Waals surface area contributed by atoms with Crippen molar-refractivity contribution in [3.05, 3.63) is 45.5 Å². The van der Waals surface area contributed by atoms with E-state index >= 15 is 0 Å². The third kappa shape index (κ3) is 2.92. The van der Waals surface area contributed by atoms with Crippen LogP contribution in [0.15, 0.2) is 23.8 Å². The van der Waals surface area contributed by atoms with E-state index in [9.17, 15) is 4.79 Å². The highest BCUT2D eigenvalue weighted by atomic mass is 32.1. The smallest absolute Gasteiger partial charge is 0.264 e. The summed E-state index contributed by atoms with van der Waals surface area (Å²) >= 11 is 1.56. The normalized spacial score (nSPS) is 22.5. The lowest BCUT2D eigenvalue weighted by Gasteiger charge is -2.19. The quantitative estimate of drug-likeness (QED) is 0.760. The van der Waals surface area contributed by atoms with E-state index in [4.69, 9.17) is 0 Å². The number of fused-ring (bicyclic) bond motifs is 1. The number of hydrogen-bond acceptors (Lipinski definition) is 4. The maximum absolute atomic E-state index is 13.4. The van der Waals surface area contributed by atoms with Crippen molar-refractivity contribution in [2.45, 2.75) is 51.9 Å². The fourth-order valence-electron chi connectivity index (χ4n) is 4.51. The van der Waals surface area contributed by atoms with Gasteiger partial charge in [-0.2, -0.15) is 5.10 Å². The van der Waals surface area contributed by atoms with Gasteiger partial charge in [0, 0.05) is 18.5 Å². The molecule has 1 aliphatic heterocycles. The molecule has 1 atom stereocenters. The van der Waals surface area contributed by atoms with Crippen LogP contribution in [0, 0.1) is 19.8 Å². The summed E-state index contributed by atoms with van der Waals surface area (Å²) < 4.78 is 0. The summed E-state index contributed by atoms with van der Waals surface area (Å²) in [6.45, 7) is 5.86. The summed E-state index contributed by atoms with van der Waals surface area (Å²) in [5.74, 6) is 1.28. The Bertz CT molecular complexity index is 983. The molecule has 27 heavy (non-hydrogen) atoms. The minimum atomic E-state index is 0.214. The molecule has 3 heterocycles. The first-order chi connectivity index (χ1) is 13.1. The van der Waals surface area contributed by atoms with E-state index in [0.29, 0.717) is 11.8 Å². The molecule has 2 aromatic rings. The van der Waals surface area contributed by atoms with Gasteiger partial charge in [0.1, 0.15) is 4.83 Å². The third-order valence-corrected chi connectivity index (χ3v) is 7.44. The predicted molar refractivity (Wildman–Crippen MR) is 109 cm³/mol. The molecule has 5 heteroatoms. The Kier molecular flexibility index (Phi) is 4.15. The van der Waals surface area contributed by atoms with E-state index in [1.165, 1.54) is 34.9 Å². The van der Waals surface area contributed by atoms with Gasteiger partial charge in [0.05, 0.1) is 10.6 Å². The van der Waals surface area contributed by atoms with E-state index in [1.54, 1.807) is 11.3 Å². The molecule has 2 fully saturated rings. The van der Waals surface area contributed by atoms with Crippen molar-refractivity contribution in [2.24, 2.45) is 5.92 Å². The van der Waals surface area contributed by atoms with Gasteiger partial charge in [-0.1, -0.05) is 23.8 Å². The van der Waals surface area contributed by atoms with Gasteiger partial charge in [0.15, 0.2) is 0 Å². The van der Waals surface area contributed by atoms with Gasteiger partial charge in [-0.25, -0.2) is 0 Å². The molecule has 0 spiro atoms. The van der Waals surface area contributed by atoms with Crippen LogP contribution < -0.4 is 0 Å². The zero-order chi connectivity index (χ0) is 18.5. The first kappa shape index (κ1) is 17.1. The molecule has 0 radical (unpaired) electrons. The third-order valence-electron chi connectivity index (χ3n) is 6.36. The highest BCUT2D eigenvalue weighted by molar-refractivity contribution is 7.20. The number of aryl methyl sites for hydroxylation is 2. The Hall–Kier alpha value is -2.01. The Morgan fingerprint density at radius 3 is 2.78 bits per heavy atom. The number of thiophene rings is 1. The second-order valence-electron chi connectivity index (χ2n) is 8.15. The average molecular weight is 380 g/mol. The highest BCUT2D eigenvalue weighted by Crippen LogP contribution is 2.49. The zero-order valence-corrected chi connectivity index (χ0v) is 16.8. The fourth-order valence-corrected chi connectivity index (χ4v) is 5.75. The van der Waals surface area contributed by atoms with Crippen LogP contribution in [0.4, 0.5) is 0 Å². The van der Waals surface area contributed by atoms with E-state index < -0.39 is 0 Å². The molecule has 2 aromatic heterocycles. The number of allylic oxidation sites excluding steroid dienone is 3. The van der Waals surface area contributed by atoms with Gasteiger partial charge < -0.3 is 4.90 Å². The molecule has 3 aliphatic rings. The lowest BCUT2D eigenvalue weighted by atomic mass is 9.91. The first-order valence-corrected chi connectivity index (χ1v) is 10.9. The summed E-state index contributed by atoms with van der Waals surface area (Å²) in [6.07, 6.45) is 12.4. The molecular weight excluding hydrogens is 354 g/mol. The molecule has 1 unspecified atom stereocenters. The lowest BCUT2D eigenvalue weighted by molar-refractivity contribution is 0.0792. The molecule has 1 amide bonds. The van der Waals surface area contributed by atoms with Gasteiger partial charge in [-0.3, -0.25) is 4.79 Å². The molecule has 1 saturated heterocycles. The lowest BCUT2D eigenvalue weighted by Crippen LogP contribution is -2.29. The van der Waals surface area contributed by atoms with Crippen LogP contribution in [0.2, 0.25) is 0 Å². The number of likely N-dealkylation sites (tertiary alicyclic amines) is 1. The van der Waals surface area contributed by atoms with Gasteiger partial charge in [-0.05, 0) is 68.9 Å². The van der Waals surface area contributed by atoms with Crippen molar-refractivity contribution in [2.75, 3.05) is 13.1 Å². The monoisotopic (exact) mass is 379 g/mol. The standard InChI is InChI=1S/C22H25N3OS/c1-13-14(2)23-24-21-18(13)19(16-8-9-16)20(27-21)22(26)25-11-10-17(12-25)15-6-4-3-5-7-15/h3-4,6,16-17H,5,7-12H2,1-2H3. The summed E-state index contributed by atoms with van der Waals surface area (Å²) in [5.41, 5.74) is 4.94. The molecular formula is C22H25N3OS. The van der Waals surface area contributed by atoms with Gasteiger partial charge in [0.2, 0.25) is 0 Å². The Morgan fingerprint density at radius 2 is 2.04 bits per heavy atom. The number of aromatic nitrogens is 2. The minimum absolute atomic E-state index is 0.214. The van der Waals surface area contributed by atoms with Crippen LogP contribution in [0.5, 0.6) is 0 Å². The predicted octanol–water partition coefficient (Wildman–Crippen LogP) is 4.92. The van der Waals surface area contributed by atoms with Crippen LogP contribution in [-0.2, 0) is 0 Å². The van der Waals surface area contributed by atoms with Crippen molar-refractivity contribution >= 4 is 27.5 Å². The average Bonchev–Trinajstić information content (AvgIpc) is 3.27. The Labute approximate surface area is 164 Å². The van der Waals surface area contributed by atoms with E-state index in [0.717, 1.165) is 47.8 Å². The number of carbonyl (C=O) groups is 1. The first-order valence-electron chi connectivity index (χ1n) is 10.0. The second-order valence-corrected chi connectivity index (χ2v) is 9.15. The van der Waals surface area contributed by atoms with Crippen molar-refractivity contribution in [1.82, 2.24) is 15.1 Å². The van der Waals surface area contributed by atoms with Crippen molar-refractivity contribution in [3.8, 4) is 0 Å². The molecule has 0 N–H and O–H groups in total. The number of nitrogens with zero attached hydrogens (tertiary/aromatic N) is 3. The van der Waals surface area contributed by atoms with Crippen LogP contribution in [0.3, 0.4) is 0 Å². The van der Waals surface area contributed by atoms with Gasteiger partial charge >= 0.3 is 0 Å². The Balaban J connectivity index is 1.48. The summed E-state index contributed by atoms with van der Waals surface area (Å²) in [5, 5.41) is 9.91. The van der Waals surface area contributed by atoms with Crippen molar-refractivity contribution in [3.63, 3.8) is 0 Å². The number of carbonyl (C=O) groups excluding carboxylic acids is 1. The van der Waals surface area contributed by atoms with Crippen molar-refractivity contribution < 1.29 is 4.79 Å². The van der Waals surface area contributed by atoms with E-state index in [1.807, 2.05) is 6.92 Å². The van der Waals surface area contributed by atoms with Crippen molar-refractivity contribution in [1.29, 1.82) is 0 Å². The fraction of sp³-hybridized carbons (Fsp3) is 0.500. The van der Waals surface area contributed by atoms with E-state index in [-0.39, 0.29) is 5.91 Å². The minimum Gasteiger partial charge on any atom is -0.337 e. The van der Waals surface area contributed by atoms with Crippen LogP contribution in [-0.4, -0.2) is 34.1 Å². The molecule has 2 aliphatic carbocycles. The SMILES string of the molecule is Cc1nnc2sc(C(=O)N3CCC(C4=CC=CCC4)C3)c(C3CC3)c2c1C. The highest BCUT2D eigenvalue weighted by Gasteiger charge is 2.37. The molecule has 0 bridgehead atoms. The Morgan fingerprint density at radius 1 is 1.19 bits per heavy atom. The maximum atomic E-state index is 13.4. The topological polar surface area (TPSA) is 46.1 Å². The van der Waals surface area contributed by atoms with Gasteiger partial charge in [0.25, 0.3) is 5.91 Å². The van der Waals surface area contributed by atoms with Crippen LogP contribution in [0.25, 0.3) is 10.2 Å². The second kappa shape index (κ2) is 6.55. The number of amides is 1. The molecule has 140 valence electrons. The van der Waals surface area contributed by atoms with E-state index in [2.05, 4.69) is 40.2 Å². The zero-order valence-electron chi connectivity index (χ0n) is 16.0. The molecule has 1 saturated carbocycles. The van der Waals surface area contributed by atoms with Gasteiger partial charge in [-0.15, -0.1) is 16.4 Å². The number of rotatable bonds is 3. The molecule has 4 nitrogen and oxygen atoms in total. The molecule has 0 aromatic carbocycles. The largest absolute Gasteiger partial charge is 0.337 e. The number of hydrogen-bond donors (Lipinski definition) is 0. The summed E-state index contributed by atoms with van der Waals surface area (Å²) in [7, 11) is 0. The maximum Gasteiger partial charge on any atom is 0.264 e.